The molecule has 2 fully saturated rings. The molecule has 1 saturated heterocycles. The zero-order valence-corrected chi connectivity index (χ0v) is 17.9. The number of hydrogen-bond donors (Lipinski definition) is 0. The summed E-state index contributed by atoms with van der Waals surface area (Å²) in [6.45, 7) is 2.17. The Labute approximate surface area is 184 Å². The number of amides is 1. The molecule has 168 valence electrons. The number of carbonyl (C=O) groups excluding carboxylic acids is 1. The van der Waals surface area contributed by atoms with Gasteiger partial charge in [-0.05, 0) is 68.2 Å². The lowest BCUT2D eigenvalue weighted by molar-refractivity contribution is -0.183. The first-order valence-corrected chi connectivity index (χ1v) is 11.1. The highest BCUT2D eigenvalue weighted by Gasteiger charge is 2.37. The van der Waals surface area contributed by atoms with E-state index in [4.69, 9.17) is 4.84 Å². The number of carbonyl (C=O) groups is 1. The number of aryl methyl sites for hydroxylation is 1. The van der Waals surface area contributed by atoms with E-state index in [1.807, 2.05) is 6.20 Å². The number of aromatic nitrogens is 4. The van der Waals surface area contributed by atoms with E-state index in [2.05, 4.69) is 15.1 Å². The largest absolute Gasteiger partial charge is 0.272 e. The van der Waals surface area contributed by atoms with Crippen LogP contribution in [-0.2, 0) is 16.1 Å². The second-order valence-electron chi connectivity index (χ2n) is 8.78. The van der Waals surface area contributed by atoms with E-state index in [0.717, 1.165) is 43.9 Å². The van der Waals surface area contributed by atoms with E-state index in [0.29, 0.717) is 30.3 Å². The van der Waals surface area contributed by atoms with Crippen molar-refractivity contribution in [3.63, 3.8) is 0 Å². The zero-order chi connectivity index (χ0) is 22.2. The first-order chi connectivity index (χ1) is 15.5. The van der Waals surface area contributed by atoms with Crippen LogP contribution in [0.5, 0.6) is 0 Å². The van der Waals surface area contributed by atoms with Crippen LogP contribution < -0.4 is 0 Å². The maximum absolute atomic E-state index is 14.3. The summed E-state index contributed by atoms with van der Waals surface area (Å²) >= 11 is 0. The van der Waals surface area contributed by atoms with Gasteiger partial charge in [-0.1, -0.05) is 0 Å². The molecule has 3 aromatic rings. The van der Waals surface area contributed by atoms with Gasteiger partial charge in [0.1, 0.15) is 11.6 Å². The normalized spacial score (nSPS) is 23.7. The molecule has 5 rings (SSSR count). The second-order valence-corrected chi connectivity index (χ2v) is 8.78. The van der Waals surface area contributed by atoms with Crippen LogP contribution in [0.1, 0.15) is 55.1 Å². The third-order valence-corrected chi connectivity index (χ3v) is 6.50. The maximum atomic E-state index is 14.3. The molecule has 3 aromatic heterocycles. The van der Waals surface area contributed by atoms with Crippen molar-refractivity contribution in [1.29, 1.82) is 0 Å². The Morgan fingerprint density at radius 1 is 1.16 bits per heavy atom. The van der Waals surface area contributed by atoms with Crippen LogP contribution in [-0.4, -0.2) is 37.2 Å². The molecule has 0 unspecified atom stereocenters. The molecule has 0 radical (unpaired) electrons. The Bertz CT molecular complexity index is 1140. The number of pyridine rings is 2. The Kier molecular flexibility index (Phi) is 5.58. The van der Waals surface area contributed by atoms with E-state index in [9.17, 15) is 13.6 Å². The summed E-state index contributed by atoms with van der Waals surface area (Å²) in [5.41, 5.74) is 1.79. The van der Waals surface area contributed by atoms with Crippen molar-refractivity contribution in [2.24, 2.45) is 11.8 Å². The summed E-state index contributed by atoms with van der Waals surface area (Å²) in [5, 5.41) is 5.65. The topological polar surface area (TPSA) is 72.6 Å². The van der Waals surface area contributed by atoms with Crippen LogP contribution in [0, 0.1) is 30.4 Å². The van der Waals surface area contributed by atoms with E-state index >= 15 is 0 Å². The van der Waals surface area contributed by atoms with Crippen LogP contribution >= 0.6 is 0 Å². The van der Waals surface area contributed by atoms with E-state index < -0.39 is 5.82 Å². The molecule has 7 nitrogen and oxygen atoms in total. The van der Waals surface area contributed by atoms with Gasteiger partial charge in [0.25, 0.3) is 0 Å². The third-order valence-electron chi connectivity index (χ3n) is 6.50. The van der Waals surface area contributed by atoms with Gasteiger partial charge in [-0.15, -0.1) is 0 Å². The van der Waals surface area contributed by atoms with Gasteiger partial charge in [-0.3, -0.25) is 14.6 Å². The summed E-state index contributed by atoms with van der Waals surface area (Å²) in [7, 11) is 0. The van der Waals surface area contributed by atoms with Gasteiger partial charge in [-0.2, -0.15) is 5.10 Å². The highest BCUT2D eigenvalue weighted by Crippen LogP contribution is 2.37. The molecule has 1 saturated carbocycles. The first kappa shape index (κ1) is 20.9. The predicted octanol–water partition coefficient (Wildman–Crippen LogP) is 3.97. The minimum Gasteiger partial charge on any atom is -0.272 e. The van der Waals surface area contributed by atoms with Gasteiger partial charge in [0.05, 0.1) is 18.8 Å². The second kappa shape index (κ2) is 8.54. The van der Waals surface area contributed by atoms with Gasteiger partial charge in [0.2, 0.25) is 5.91 Å². The lowest BCUT2D eigenvalue weighted by atomic mass is 9.79. The third kappa shape index (κ3) is 4.09. The molecule has 1 atom stereocenters. The number of halogens is 2. The Morgan fingerprint density at radius 3 is 2.75 bits per heavy atom. The monoisotopic (exact) mass is 441 g/mol. The van der Waals surface area contributed by atoms with Crippen molar-refractivity contribution < 1.29 is 18.4 Å². The first-order valence-electron chi connectivity index (χ1n) is 11.1. The standard InChI is InChI=1S/C23H25F2N5O2/c1-14-27-22-20(25)9-16(13-29(22)28-14)8-15-2-4-17(5-3-15)23(31)30-21(6-7-32-30)18-10-19(24)12-26-11-18/h9-13,15,17,21H,2-8H2,1H3/t15-,17-,21-/m0/s1. The smallest absolute Gasteiger partial charge is 0.249 e. The number of rotatable bonds is 4. The Balaban J connectivity index is 1.21. The van der Waals surface area contributed by atoms with Crippen molar-refractivity contribution in [2.75, 3.05) is 6.61 Å². The number of fused-ring (bicyclic) bond motifs is 1. The fourth-order valence-corrected chi connectivity index (χ4v) is 4.94. The summed E-state index contributed by atoms with van der Waals surface area (Å²) in [5.74, 6) is -0.0277. The Hall–Kier alpha value is -2.94. The summed E-state index contributed by atoms with van der Waals surface area (Å²) in [4.78, 5) is 26.8. The summed E-state index contributed by atoms with van der Waals surface area (Å²) in [6.07, 6.45) is 9.22. The lowest BCUT2D eigenvalue weighted by Gasteiger charge is -2.32. The molecule has 32 heavy (non-hydrogen) atoms. The molecule has 1 aliphatic heterocycles. The maximum Gasteiger partial charge on any atom is 0.249 e. The van der Waals surface area contributed by atoms with Crippen LogP contribution in [0.4, 0.5) is 8.78 Å². The quantitative estimate of drug-likeness (QED) is 0.613. The number of nitrogens with zero attached hydrogens (tertiary/aromatic N) is 5. The van der Waals surface area contributed by atoms with E-state index in [-0.39, 0.29) is 29.3 Å². The zero-order valence-electron chi connectivity index (χ0n) is 17.9. The van der Waals surface area contributed by atoms with Crippen molar-refractivity contribution in [3.05, 3.63) is 59.3 Å². The van der Waals surface area contributed by atoms with Crippen LogP contribution in [0.15, 0.2) is 30.7 Å². The van der Waals surface area contributed by atoms with Crippen molar-refractivity contribution in [2.45, 2.75) is 51.5 Å². The minimum atomic E-state index is -0.419. The lowest BCUT2D eigenvalue weighted by Crippen LogP contribution is -2.36. The molecule has 1 aliphatic carbocycles. The van der Waals surface area contributed by atoms with Crippen molar-refractivity contribution in [1.82, 2.24) is 24.6 Å². The molecular weight excluding hydrogens is 416 g/mol. The highest BCUT2D eigenvalue weighted by molar-refractivity contribution is 5.78. The van der Waals surface area contributed by atoms with E-state index in [1.165, 1.54) is 21.7 Å². The van der Waals surface area contributed by atoms with Crippen LogP contribution in [0.2, 0.25) is 0 Å². The van der Waals surface area contributed by atoms with Gasteiger partial charge >= 0.3 is 0 Å². The SMILES string of the molecule is Cc1nc2c(F)cc(C[C@H]3CC[C@H](C(=O)N4OCC[C@H]4c4cncc(F)c4)CC3)cn2n1. The van der Waals surface area contributed by atoms with Crippen LogP contribution in [0.3, 0.4) is 0 Å². The molecule has 9 heteroatoms. The molecule has 0 bridgehead atoms. The van der Waals surface area contributed by atoms with Crippen molar-refractivity contribution >= 4 is 11.6 Å². The predicted molar refractivity (Wildman–Crippen MR) is 111 cm³/mol. The average molecular weight is 441 g/mol. The molecule has 4 heterocycles. The fraction of sp³-hybridized carbons (Fsp3) is 0.478. The minimum absolute atomic E-state index is 0.0410. The molecule has 0 aromatic carbocycles. The highest BCUT2D eigenvalue weighted by atomic mass is 19.1. The summed E-state index contributed by atoms with van der Waals surface area (Å²) in [6, 6.07) is 2.65. The molecule has 0 N–H and O–H groups in total. The fourth-order valence-electron chi connectivity index (χ4n) is 4.94. The molecule has 2 aliphatic rings. The van der Waals surface area contributed by atoms with Gasteiger partial charge < -0.3 is 0 Å². The average Bonchev–Trinajstić information content (AvgIpc) is 3.40. The molecular formula is C23H25F2N5O2. The number of hydroxylamine groups is 2. The molecule has 0 spiro atoms. The van der Waals surface area contributed by atoms with Gasteiger partial charge in [0.15, 0.2) is 11.5 Å². The van der Waals surface area contributed by atoms with Gasteiger partial charge in [0, 0.05) is 24.7 Å². The summed E-state index contributed by atoms with van der Waals surface area (Å²) < 4.78 is 29.4. The number of hydrogen-bond acceptors (Lipinski definition) is 5. The van der Waals surface area contributed by atoms with Gasteiger partial charge in [-0.25, -0.2) is 23.3 Å². The van der Waals surface area contributed by atoms with E-state index in [1.54, 1.807) is 13.1 Å². The van der Waals surface area contributed by atoms with Crippen molar-refractivity contribution in [3.8, 4) is 0 Å². The van der Waals surface area contributed by atoms with Crippen LogP contribution in [0.25, 0.3) is 5.65 Å². The molecule has 1 amide bonds. The Morgan fingerprint density at radius 2 is 1.97 bits per heavy atom.